The van der Waals surface area contributed by atoms with Gasteiger partial charge in [-0.25, -0.2) is 0 Å². The van der Waals surface area contributed by atoms with E-state index < -0.39 is 22.0 Å². The summed E-state index contributed by atoms with van der Waals surface area (Å²) in [5, 5.41) is 0. The molecule has 4 heteroatoms. The molecule has 0 aromatic heterocycles. The summed E-state index contributed by atoms with van der Waals surface area (Å²) in [5.41, 5.74) is 0. The molecule has 0 aliphatic carbocycles. The second-order valence-electron chi connectivity index (χ2n) is 0.0690. The molecule has 0 unspecified atom stereocenters. The van der Waals surface area contributed by atoms with Crippen LogP contribution in [0, 0.1) is 0 Å². The molecule has 1 nitrogen and oxygen atoms in total. The zero-order chi connectivity index (χ0) is 2.71. The van der Waals surface area contributed by atoms with Gasteiger partial charge in [0.05, 0.1) is 0 Å². The molecule has 0 heterocycles. The summed E-state index contributed by atoms with van der Waals surface area (Å²) in [6, 6.07) is 0. The van der Waals surface area contributed by atoms with E-state index in [4.69, 9.17) is 2.81 Å². The second kappa shape index (κ2) is 8.82. The Kier molecular flexibility index (Phi) is 20.0. The van der Waals surface area contributed by atoms with E-state index in [0.717, 1.165) is 0 Å². The molecule has 0 spiro atoms. The van der Waals surface area contributed by atoms with Crippen LogP contribution in [0.15, 0.2) is 0 Å². The van der Waals surface area contributed by atoms with Crippen molar-refractivity contribution < 1.29 is 19.3 Å². The first-order valence-corrected chi connectivity index (χ1v) is 6.05. The van der Waals surface area contributed by atoms with Gasteiger partial charge in [-0.2, -0.15) is 0 Å². The Bertz CT molecular complexity index is 15.5. The Morgan fingerprint density at radius 1 is 1.75 bits per heavy atom. The predicted molar refractivity (Wildman–Crippen MR) is 12.3 cm³/mol. The molecule has 0 rings (SSSR count). The molecule has 0 saturated heterocycles. The van der Waals surface area contributed by atoms with Gasteiger partial charge >= 0.3 is 33.4 Å². The van der Waals surface area contributed by atoms with Gasteiger partial charge in [0, 0.05) is 16.5 Å². The second-order valence-corrected chi connectivity index (χ2v) is 1.82. The Morgan fingerprint density at radius 3 is 1.75 bits per heavy atom. The summed E-state index contributed by atoms with van der Waals surface area (Å²) in [5.74, 6) is 0. The van der Waals surface area contributed by atoms with Gasteiger partial charge in [0.2, 0.25) is 0 Å². The van der Waals surface area contributed by atoms with Gasteiger partial charge in [0.25, 0.3) is 0 Å². The maximum absolute atomic E-state index is 8.88. The van der Waals surface area contributed by atoms with E-state index in [0.29, 0.717) is 0 Å². The molecule has 0 aromatic rings. The quantitative estimate of drug-likeness (QED) is 0.583. The van der Waals surface area contributed by atoms with Crippen molar-refractivity contribution in [3.8, 4) is 0 Å². The van der Waals surface area contributed by atoms with Crippen molar-refractivity contribution in [2.24, 2.45) is 0 Å². The third-order valence-corrected chi connectivity index (χ3v) is 0. The monoisotopic (exact) mass is 318 g/mol. The molecule has 0 radical (unpaired) electrons. The molecule has 0 saturated carbocycles. The first-order chi connectivity index (χ1) is 1.41. The van der Waals surface area contributed by atoms with Gasteiger partial charge in [-0.3, -0.25) is 0 Å². The molecule has 0 atom stereocenters. The molecule has 0 bridgehead atoms. The molecule has 0 amide bonds. The first kappa shape index (κ1) is 9.08. The molecular weight excluding hydrogens is 319 g/mol. The summed E-state index contributed by atoms with van der Waals surface area (Å²) in [7, 11) is 4.62. The molecule has 4 heavy (non-hydrogen) atoms. The number of halogens is 1. The van der Waals surface area contributed by atoms with E-state index in [9.17, 15) is 0 Å². The van der Waals surface area contributed by atoms with Gasteiger partial charge in [0.15, 0.2) is 0 Å². The topological polar surface area (TPSA) is 17.1 Å². The summed E-state index contributed by atoms with van der Waals surface area (Å²) >= 11 is -1.61. The third-order valence-electron chi connectivity index (χ3n) is 0. The maximum atomic E-state index is 8.88. The molecule has 0 fully saturated rings. The minimum atomic E-state index is -1.61. The Balaban J connectivity index is 0. The molecule has 0 aromatic carbocycles. The van der Waals surface area contributed by atoms with Crippen molar-refractivity contribution in [3.63, 3.8) is 0 Å². The van der Waals surface area contributed by atoms with Crippen molar-refractivity contribution >= 4 is 30.6 Å². The average Bonchev–Trinajstić information content (AvgIpc) is 0.918. The summed E-state index contributed by atoms with van der Waals surface area (Å²) in [6.45, 7) is 0. The fourth-order valence-corrected chi connectivity index (χ4v) is 0. The van der Waals surface area contributed by atoms with Crippen molar-refractivity contribution in [1.82, 2.24) is 0 Å². The van der Waals surface area contributed by atoms with Crippen molar-refractivity contribution in [2.45, 2.75) is 0 Å². The van der Waals surface area contributed by atoms with Crippen LogP contribution in [0.5, 0.6) is 0 Å². The van der Waals surface area contributed by atoms with E-state index in [-0.39, 0.29) is 16.5 Å². The Morgan fingerprint density at radius 2 is 1.75 bits per heavy atom. The number of rotatable bonds is 0. The fraction of sp³-hybridized carbons (Fsp3) is 0. The van der Waals surface area contributed by atoms with Crippen LogP contribution in [-0.2, 0) is 19.3 Å². The van der Waals surface area contributed by atoms with Crippen LogP contribution in [0.3, 0.4) is 0 Å². The molecular formula is BiClNiO. The van der Waals surface area contributed by atoms with E-state index in [1.807, 2.05) is 0 Å². The first-order valence-electron chi connectivity index (χ1n) is 0.352. The predicted octanol–water partition coefficient (Wildman–Crippen LogP) is 0.187. The van der Waals surface area contributed by atoms with E-state index in [2.05, 4.69) is 8.51 Å². The van der Waals surface area contributed by atoms with Crippen LogP contribution >= 0.6 is 8.51 Å². The van der Waals surface area contributed by atoms with Crippen LogP contribution in [-0.4, -0.2) is 22.0 Å². The van der Waals surface area contributed by atoms with Gasteiger partial charge < -0.3 is 0 Å². The normalized spacial score (nSPS) is 3.25. The standard InChI is InChI=1S/Bi.ClH.Ni.O/h;1H;;/q+1;;;/p-1. The van der Waals surface area contributed by atoms with Crippen LogP contribution in [0.2, 0.25) is 0 Å². The van der Waals surface area contributed by atoms with Crippen LogP contribution in [0.4, 0.5) is 0 Å². The van der Waals surface area contributed by atoms with Crippen LogP contribution in [0.25, 0.3) is 0 Å². The Labute approximate surface area is 49.6 Å². The molecule has 0 aliphatic heterocycles. The van der Waals surface area contributed by atoms with Crippen molar-refractivity contribution in [3.05, 3.63) is 0 Å². The van der Waals surface area contributed by atoms with Gasteiger partial charge in [0.1, 0.15) is 0 Å². The van der Waals surface area contributed by atoms with E-state index in [1.54, 1.807) is 0 Å². The third kappa shape index (κ3) is 9.81. The fourth-order valence-electron chi connectivity index (χ4n) is 0. The Hall–Kier alpha value is 1.47. The minimum absolute atomic E-state index is 0. The zero-order valence-electron chi connectivity index (χ0n) is 1.55. The van der Waals surface area contributed by atoms with Gasteiger partial charge in [-0.1, -0.05) is 0 Å². The number of hydrogen-bond donors (Lipinski definition) is 0. The van der Waals surface area contributed by atoms with E-state index >= 15 is 0 Å². The molecule has 28 valence electrons. The summed E-state index contributed by atoms with van der Waals surface area (Å²) in [4.78, 5) is 0. The zero-order valence-corrected chi connectivity index (χ0v) is 6.77. The van der Waals surface area contributed by atoms with Crippen molar-refractivity contribution in [1.29, 1.82) is 0 Å². The van der Waals surface area contributed by atoms with E-state index in [1.165, 1.54) is 0 Å². The van der Waals surface area contributed by atoms with Crippen LogP contribution < -0.4 is 0 Å². The molecule has 0 aliphatic rings. The van der Waals surface area contributed by atoms with Crippen LogP contribution in [0.1, 0.15) is 0 Å². The van der Waals surface area contributed by atoms with Gasteiger partial charge in [-0.05, 0) is 0 Å². The number of hydrogen-bond acceptors (Lipinski definition) is 1. The average molecular weight is 319 g/mol. The van der Waals surface area contributed by atoms with Crippen molar-refractivity contribution in [2.75, 3.05) is 0 Å². The molecule has 0 N–H and O–H groups in total. The van der Waals surface area contributed by atoms with Gasteiger partial charge in [-0.15, -0.1) is 0 Å². The summed E-state index contributed by atoms with van der Waals surface area (Å²) in [6.07, 6.45) is 0. The SMILES string of the molecule is [Ni].[O]=[Bi][Cl]. The summed E-state index contributed by atoms with van der Waals surface area (Å²) < 4.78 is 8.88.